The van der Waals surface area contributed by atoms with Crippen molar-refractivity contribution in [2.24, 2.45) is 0 Å². The Labute approximate surface area is 184 Å². The van der Waals surface area contributed by atoms with Gasteiger partial charge in [0.2, 0.25) is 11.2 Å². The maximum absolute atomic E-state index is 13.1. The van der Waals surface area contributed by atoms with E-state index in [-0.39, 0.29) is 23.5 Å². The summed E-state index contributed by atoms with van der Waals surface area (Å²) >= 11 is 6.11. The van der Waals surface area contributed by atoms with Crippen LogP contribution in [0.4, 0.5) is 5.69 Å². The molecule has 1 N–H and O–H groups in total. The Hall–Kier alpha value is -3.57. The number of amides is 1. The number of ether oxygens (including phenoxy) is 1. The van der Waals surface area contributed by atoms with Gasteiger partial charge in [0, 0.05) is 16.3 Å². The van der Waals surface area contributed by atoms with Crippen molar-refractivity contribution in [2.45, 2.75) is 13.8 Å². The predicted molar refractivity (Wildman–Crippen MR) is 123 cm³/mol. The van der Waals surface area contributed by atoms with Gasteiger partial charge in [-0.15, -0.1) is 0 Å². The highest BCUT2D eigenvalue weighted by Crippen LogP contribution is 2.31. The van der Waals surface area contributed by atoms with Gasteiger partial charge in [0.15, 0.2) is 12.4 Å². The van der Waals surface area contributed by atoms with E-state index in [1.165, 1.54) is 0 Å². The number of aryl methyl sites for hydroxylation is 2. The average Bonchev–Trinajstić information content (AvgIpc) is 2.76. The minimum absolute atomic E-state index is 0.000332. The van der Waals surface area contributed by atoms with Gasteiger partial charge in [0.1, 0.15) is 5.58 Å². The molecular weight excluding hydrogens is 414 g/mol. The van der Waals surface area contributed by atoms with E-state index in [2.05, 4.69) is 5.32 Å². The molecule has 4 rings (SSSR count). The summed E-state index contributed by atoms with van der Waals surface area (Å²) in [5.41, 5.74) is 3.35. The number of anilines is 1. The van der Waals surface area contributed by atoms with Crippen molar-refractivity contribution in [2.75, 3.05) is 11.9 Å². The molecule has 1 amide bonds. The highest BCUT2D eigenvalue weighted by atomic mass is 35.5. The molecule has 156 valence electrons. The summed E-state index contributed by atoms with van der Waals surface area (Å²) in [7, 11) is 0. The first-order chi connectivity index (χ1) is 14.9. The molecule has 0 fully saturated rings. The summed E-state index contributed by atoms with van der Waals surface area (Å²) in [6.07, 6.45) is 0. The third kappa shape index (κ3) is 4.47. The minimum Gasteiger partial charge on any atom is -0.476 e. The molecule has 1 aromatic heterocycles. The quantitative estimate of drug-likeness (QED) is 0.435. The molecule has 0 aliphatic heterocycles. The van der Waals surface area contributed by atoms with Crippen molar-refractivity contribution in [3.63, 3.8) is 0 Å². The van der Waals surface area contributed by atoms with Crippen LogP contribution in [0.15, 0.2) is 75.9 Å². The molecule has 0 atom stereocenters. The highest BCUT2D eigenvalue weighted by Gasteiger charge is 2.19. The Morgan fingerprint density at radius 2 is 1.77 bits per heavy atom. The summed E-state index contributed by atoms with van der Waals surface area (Å²) in [6, 6.07) is 19.7. The molecule has 0 unspecified atom stereocenters. The van der Waals surface area contributed by atoms with E-state index in [0.717, 1.165) is 11.1 Å². The number of hydrogen-bond acceptors (Lipinski definition) is 4. The Balaban J connectivity index is 1.65. The largest absolute Gasteiger partial charge is 0.476 e. The summed E-state index contributed by atoms with van der Waals surface area (Å²) in [5.74, 6) is -0.128. The molecule has 0 saturated heterocycles. The minimum atomic E-state index is -0.415. The second-order valence-corrected chi connectivity index (χ2v) is 7.66. The SMILES string of the molecule is Cc1ccc(-c2oc3ccccc3c(=O)c2OCC(=O)Nc2ccc(C)c(Cl)c2)cc1. The van der Waals surface area contributed by atoms with Crippen LogP contribution >= 0.6 is 11.6 Å². The van der Waals surface area contributed by atoms with Gasteiger partial charge in [-0.3, -0.25) is 9.59 Å². The van der Waals surface area contributed by atoms with E-state index in [0.29, 0.717) is 27.2 Å². The molecule has 1 heterocycles. The summed E-state index contributed by atoms with van der Waals surface area (Å²) in [5, 5.41) is 3.66. The third-order valence-corrected chi connectivity index (χ3v) is 5.28. The second-order valence-electron chi connectivity index (χ2n) is 7.25. The molecule has 31 heavy (non-hydrogen) atoms. The van der Waals surface area contributed by atoms with Crippen LogP contribution in [0.1, 0.15) is 11.1 Å². The van der Waals surface area contributed by atoms with Gasteiger partial charge in [-0.1, -0.05) is 59.6 Å². The van der Waals surface area contributed by atoms with Crippen molar-refractivity contribution in [1.29, 1.82) is 0 Å². The third-order valence-electron chi connectivity index (χ3n) is 4.87. The molecule has 0 saturated carbocycles. The smallest absolute Gasteiger partial charge is 0.262 e. The molecule has 5 nitrogen and oxygen atoms in total. The standard InChI is InChI=1S/C25H20ClNO4/c1-15-7-10-17(11-8-15)24-25(23(29)19-5-3-4-6-21(19)31-24)30-14-22(28)27-18-12-9-16(2)20(26)13-18/h3-13H,14H2,1-2H3,(H,27,28). The van der Waals surface area contributed by atoms with Crippen LogP contribution in [0.2, 0.25) is 5.02 Å². The summed E-state index contributed by atoms with van der Waals surface area (Å²) in [4.78, 5) is 25.5. The van der Waals surface area contributed by atoms with Crippen LogP contribution in [-0.4, -0.2) is 12.5 Å². The molecule has 4 aromatic rings. The number of halogens is 1. The van der Waals surface area contributed by atoms with Crippen LogP contribution in [0.5, 0.6) is 5.75 Å². The number of para-hydroxylation sites is 1. The number of benzene rings is 3. The number of rotatable bonds is 5. The zero-order valence-electron chi connectivity index (χ0n) is 17.1. The fourth-order valence-corrected chi connectivity index (χ4v) is 3.34. The summed E-state index contributed by atoms with van der Waals surface area (Å²) in [6.45, 7) is 3.50. The van der Waals surface area contributed by atoms with E-state index in [1.54, 1.807) is 36.4 Å². The molecule has 0 aliphatic rings. The van der Waals surface area contributed by atoms with Gasteiger partial charge in [0.05, 0.1) is 5.39 Å². The van der Waals surface area contributed by atoms with Crippen LogP contribution in [0.3, 0.4) is 0 Å². The van der Waals surface area contributed by atoms with E-state index in [1.807, 2.05) is 44.2 Å². The highest BCUT2D eigenvalue weighted by molar-refractivity contribution is 6.31. The van der Waals surface area contributed by atoms with Gasteiger partial charge in [-0.05, 0) is 43.7 Å². The molecule has 0 spiro atoms. The average molecular weight is 434 g/mol. The number of hydrogen-bond donors (Lipinski definition) is 1. The van der Waals surface area contributed by atoms with Gasteiger partial charge in [0.25, 0.3) is 5.91 Å². The lowest BCUT2D eigenvalue weighted by molar-refractivity contribution is -0.118. The Morgan fingerprint density at radius 3 is 2.52 bits per heavy atom. The maximum Gasteiger partial charge on any atom is 0.262 e. The van der Waals surface area contributed by atoms with Crippen molar-refractivity contribution < 1.29 is 13.9 Å². The molecule has 3 aromatic carbocycles. The topological polar surface area (TPSA) is 68.5 Å². The fraction of sp³-hybridized carbons (Fsp3) is 0.120. The van der Waals surface area contributed by atoms with Crippen LogP contribution in [0.25, 0.3) is 22.3 Å². The van der Waals surface area contributed by atoms with Crippen molar-refractivity contribution >= 4 is 34.2 Å². The lowest BCUT2D eigenvalue weighted by Crippen LogP contribution is -2.22. The van der Waals surface area contributed by atoms with E-state index >= 15 is 0 Å². The molecular formula is C25H20ClNO4. The maximum atomic E-state index is 13.1. The van der Waals surface area contributed by atoms with Crippen molar-refractivity contribution in [1.82, 2.24) is 0 Å². The van der Waals surface area contributed by atoms with Crippen molar-refractivity contribution in [3.05, 3.63) is 93.1 Å². The number of nitrogens with one attached hydrogen (secondary N) is 1. The molecule has 0 bridgehead atoms. The Morgan fingerprint density at radius 1 is 1.03 bits per heavy atom. The van der Waals surface area contributed by atoms with Crippen LogP contribution in [0, 0.1) is 13.8 Å². The zero-order valence-corrected chi connectivity index (χ0v) is 17.8. The Kier molecular flexibility index (Phi) is 5.78. The van der Waals surface area contributed by atoms with E-state index in [4.69, 9.17) is 20.8 Å². The normalized spacial score (nSPS) is 10.8. The fourth-order valence-electron chi connectivity index (χ4n) is 3.16. The zero-order chi connectivity index (χ0) is 22.0. The Bertz CT molecular complexity index is 1330. The van der Waals surface area contributed by atoms with Crippen molar-refractivity contribution in [3.8, 4) is 17.1 Å². The lowest BCUT2D eigenvalue weighted by Gasteiger charge is -2.12. The number of carbonyl (C=O) groups is 1. The second kappa shape index (κ2) is 8.66. The first kappa shape index (κ1) is 20.7. The number of fused-ring (bicyclic) bond motifs is 1. The first-order valence-electron chi connectivity index (χ1n) is 9.74. The molecule has 0 aliphatic carbocycles. The van der Waals surface area contributed by atoms with Gasteiger partial charge in [-0.25, -0.2) is 0 Å². The van der Waals surface area contributed by atoms with Crippen LogP contribution < -0.4 is 15.5 Å². The van der Waals surface area contributed by atoms with Gasteiger partial charge >= 0.3 is 0 Å². The van der Waals surface area contributed by atoms with E-state index in [9.17, 15) is 9.59 Å². The van der Waals surface area contributed by atoms with Gasteiger partial charge in [-0.2, -0.15) is 0 Å². The van der Waals surface area contributed by atoms with Crippen LogP contribution in [-0.2, 0) is 4.79 Å². The van der Waals surface area contributed by atoms with E-state index < -0.39 is 5.91 Å². The predicted octanol–water partition coefficient (Wildman–Crippen LogP) is 5.75. The monoisotopic (exact) mass is 433 g/mol. The first-order valence-corrected chi connectivity index (χ1v) is 10.1. The lowest BCUT2D eigenvalue weighted by atomic mass is 10.1. The van der Waals surface area contributed by atoms with Gasteiger partial charge < -0.3 is 14.5 Å². The molecule has 0 radical (unpaired) electrons. The number of carbonyl (C=O) groups excluding carboxylic acids is 1. The summed E-state index contributed by atoms with van der Waals surface area (Å²) < 4.78 is 11.7. The molecule has 6 heteroatoms.